The minimum Gasteiger partial charge on any atom is -0.469 e. The zero-order valence-corrected chi connectivity index (χ0v) is 8.93. The molecule has 2 rings (SSSR count). The average molecular weight is 216 g/mol. The van der Waals surface area contributed by atoms with Crippen LogP contribution in [0.1, 0.15) is 12.0 Å². The van der Waals surface area contributed by atoms with E-state index in [4.69, 9.17) is 0 Å². The molecule has 4 nitrogen and oxygen atoms in total. The number of benzene rings is 1. The molecule has 1 aromatic heterocycles. The molecule has 2 aromatic rings. The minimum absolute atomic E-state index is 0.245. The highest BCUT2D eigenvalue weighted by Gasteiger charge is 2.00. The van der Waals surface area contributed by atoms with E-state index in [1.807, 2.05) is 24.3 Å². The first kappa shape index (κ1) is 10.4. The number of methoxy groups -OCH3 is 1. The van der Waals surface area contributed by atoms with Crippen LogP contribution in [0, 0.1) is 0 Å². The topological polar surface area (TPSA) is 55.0 Å². The maximum absolute atomic E-state index is 10.9. The number of nitrogens with zero attached hydrogens (tertiary/aromatic N) is 1. The molecule has 0 aliphatic heterocycles. The second kappa shape index (κ2) is 4.61. The van der Waals surface area contributed by atoms with Gasteiger partial charge in [-0.15, -0.1) is 0 Å². The van der Waals surface area contributed by atoms with Crippen LogP contribution in [0.25, 0.3) is 17.1 Å². The van der Waals surface area contributed by atoms with E-state index in [-0.39, 0.29) is 12.4 Å². The Kier molecular flexibility index (Phi) is 3.00. The zero-order valence-electron chi connectivity index (χ0n) is 8.93. The van der Waals surface area contributed by atoms with E-state index < -0.39 is 0 Å². The van der Waals surface area contributed by atoms with Crippen molar-refractivity contribution in [1.82, 2.24) is 9.97 Å². The Labute approximate surface area is 93.0 Å². The van der Waals surface area contributed by atoms with Gasteiger partial charge in [0.1, 0.15) is 0 Å². The lowest BCUT2D eigenvalue weighted by atomic mass is 10.1. The number of ether oxygens (including phenoxy) is 1. The molecule has 0 saturated heterocycles. The molecule has 0 aliphatic carbocycles. The van der Waals surface area contributed by atoms with Crippen molar-refractivity contribution in [3.8, 4) is 0 Å². The van der Waals surface area contributed by atoms with E-state index in [0.717, 1.165) is 16.6 Å². The highest BCUT2D eigenvalue weighted by atomic mass is 16.5. The molecule has 0 fully saturated rings. The van der Waals surface area contributed by atoms with Crippen molar-refractivity contribution in [2.75, 3.05) is 7.11 Å². The maximum Gasteiger partial charge on any atom is 0.309 e. The normalized spacial score (nSPS) is 11.1. The van der Waals surface area contributed by atoms with Crippen LogP contribution in [0.15, 0.2) is 30.6 Å². The highest BCUT2D eigenvalue weighted by Crippen LogP contribution is 2.15. The summed E-state index contributed by atoms with van der Waals surface area (Å²) in [6.07, 6.45) is 5.58. The molecule has 4 heteroatoms. The summed E-state index contributed by atoms with van der Waals surface area (Å²) in [5.41, 5.74) is 2.88. The molecule has 16 heavy (non-hydrogen) atoms. The number of rotatable bonds is 3. The molecule has 0 amide bonds. The van der Waals surface area contributed by atoms with Crippen molar-refractivity contribution < 1.29 is 9.53 Å². The van der Waals surface area contributed by atoms with Gasteiger partial charge < -0.3 is 9.72 Å². The lowest BCUT2D eigenvalue weighted by Gasteiger charge is -1.95. The van der Waals surface area contributed by atoms with Crippen molar-refractivity contribution in [3.63, 3.8) is 0 Å². The Morgan fingerprint density at radius 2 is 2.44 bits per heavy atom. The van der Waals surface area contributed by atoms with Crippen molar-refractivity contribution >= 4 is 23.1 Å². The lowest BCUT2D eigenvalue weighted by molar-refractivity contribution is -0.139. The Morgan fingerprint density at radius 3 is 3.25 bits per heavy atom. The molecule has 0 aliphatic rings. The third-order valence-electron chi connectivity index (χ3n) is 2.29. The van der Waals surface area contributed by atoms with Gasteiger partial charge in [0.15, 0.2) is 0 Å². The number of imidazole rings is 1. The number of esters is 1. The quantitative estimate of drug-likeness (QED) is 0.800. The molecule has 1 heterocycles. The number of aromatic nitrogens is 2. The number of fused-ring (bicyclic) bond motifs is 1. The van der Waals surface area contributed by atoms with Crippen LogP contribution in [0.5, 0.6) is 0 Å². The average Bonchev–Trinajstić information content (AvgIpc) is 2.77. The number of nitrogens with one attached hydrogen (secondary N) is 1. The Hall–Kier alpha value is -2.10. The number of hydrogen-bond donors (Lipinski definition) is 1. The lowest BCUT2D eigenvalue weighted by Crippen LogP contribution is -1.96. The highest BCUT2D eigenvalue weighted by molar-refractivity contribution is 5.85. The fourth-order valence-corrected chi connectivity index (χ4v) is 1.49. The monoisotopic (exact) mass is 216 g/mol. The molecule has 0 radical (unpaired) electrons. The molecule has 0 unspecified atom stereocenters. The van der Waals surface area contributed by atoms with Gasteiger partial charge >= 0.3 is 5.97 Å². The molecule has 0 bridgehead atoms. The Morgan fingerprint density at radius 1 is 1.56 bits per heavy atom. The summed E-state index contributed by atoms with van der Waals surface area (Å²) in [6.45, 7) is 0. The summed E-state index contributed by atoms with van der Waals surface area (Å²) >= 11 is 0. The number of aromatic amines is 1. The summed E-state index contributed by atoms with van der Waals surface area (Å²) in [7, 11) is 1.38. The fourth-order valence-electron chi connectivity index (χ4n) is 1.49. The van der Waals surface area contributed by atoms with Gasteiger partial charge in [-0.2, -0.15) is 0 Å². The van der Waals surface area contributed by atoms with Crippen LogP contribution >= 0.6 is 0 Å². The van der Waals surface area contributed by atoms with Gasteiger partial charge in [0, 0.05) is 5.56 Å². The number of para-hydroxylation sites is 1. The van der Waals surface area contributed by atoms with Crippen molar-refractivity contribution in [1.29, 1.82) is 0 Å². The second-order valence-corrected chi connectivity index (χ2v) is 3.33. The smallest absolute Gasteiger partial charge is 0.309 e. The van der Waals surface area contributed by atoms with Crippen LogP contribution in [-0.4, -0.2) is 23.0 Å². The minimum atomic E-state index is -0.245. The maximum atomic E-state index is 10.9. The standard InChI is InChI=1S/C12H12N2O2/c1-16-11(15)7-3-5-9-4-2-6-10-12(9)14-8-13-10/h2-6,8H,7H2,1H3,(H,13,14). The first-order valence-electron chi connectivity index (χ1n) is 4.96. The van der Waals surface area contributed by atoms with Crippen molar-refractivity contribution in [2.24, 2.45) is 0 Å². The van der Waals surface area contributed by atoms with E-state index in [1.165, 1.54) is 7.11 Å². The summed E-state index contributed by atoms with van der Waals surface area (Å²) < 4.78 is 4.55. The first-order valence-corrected chi connectivity index (χ1v) is 4.96. The summed E-state index contributed by atoms with van der Waals surface area (Å²) in [6, 6.07) is 5.86. The molecule has 0 saturated carbocycles. The first-order chi connectivity index (χ1) is 7.81. The molecule has 0 atom stereocenters. The van der Waals surface area contributed by atoms with Gasteiger partial charge in [-0.1, -0.05) is 24.3 Å². The summed E-state index contributed by atoms with van der Waals surface area (Å²) in [5, 5.41) is 0. The SMILES string of the molecule is COC(=O)CC=Cc1cccc2[nH]cnc12. The molecular weight excluding hydrogens is 204 g/mol. The van der Waals surface area contributed by atoms with E-state index in [0.29, 0.717) is 0 Å². The van der Waals surface area contributed by atoms with Gasteiger partial charge in [0.2, 0.25) is 0 Å². The summed E-state index contributed by atoms with van der Waals surface area (Å²) in [4.78, 5) is 18.2. The van der Waals surface area contributed by atoms with Gasteiger partial charge in [-0.3, -0.25) is 4.79 Å². The van der Waals surface area contributed by atoms with Crippen LogP contribution < -0.4 is 0 Å². The third kappa shape index (κ3) is 2.11. The predicted molar refractivity (Wildman–Crippen MR) is 61.8 cm³/mol. The summed E-state index contributed by atoms with van der Waals surface area (Å²) in [5.74, 6) is -0.245. The number of H-pyrrole nitrogens is 1. The van der Waals surface area contributed by atoms with E-state index in [9.17, 15) is 4.79 Å². The largest absolute Gasteiger partial charge is 0.469 e. The van der Waals surface area contributed by atoms with Crippen LogP contribution in [0.3, 0.4) is 0 Å². The van der Waals surface area contributed by atoms with E-state index in [2.05, 4.69) is 14.7 Å². The van der Waals surface area contributed by atoms with Gasteiger partial charge in [0.05, 0.1) is 30.9 Å². The fraction of sp³-hybridized carbons (Fsp3) is 0.167. The number of carbonyl (C=O) groups excluding carboxylic acids is 1. The van der Waals surface area contributed by atoms with E-state index in [1.54, 1.807) is 12.4 Å². The predicted octanol–water partition coefficient (Wildman–Crippen LogP) is 2.14. The molecule has 0 spiro atoms. The van der Waals surface area contributed by atoms with Gasteiger partial charge in [-0.25, -0.2) is 4.98 Å². The van der Waals surface area contributed by atoms with Crippen molar-refractivity contribution in [3.05, 3.63) is 36.2 Å². The van der Waals surface area contributed by atoms with Gasteiger partial charge in [0.25, 0.3) is 0 Å². The number of hydrogen-bond acceptors (Lipinski definition) is 3. The molecule has 1 aromatic carbocycles. The van der Waals surface area contributed by atoms with Crippen molar-refractivity contribution in [2.45, 2.75) is 6.42 Å². The molecule has 1 N–H and O–H groups in total. The Balaban J connectivity index is 2.20. The van der Waals surface area contributed by atoms with Crippen LogP contribution in [-0.2, 0) is 9.53 Å². The third-order valence-corrected chi connectivity index (χ3v) is 2.29. The van der Waals surface area contributed by atoms with E-state index >= 15 is 0 Å². The second-order valence-electron chi connectivity index (χ2n) is 3.33. The van der Waals surface area contributed by atoms with Crippen LogP contribution in [0.2, 0.25) is 0 Å². The number of carbonyl (C=O) groups is 1. The zero-order chi connectivity index (χ0) is 11.4. The Bertz CT molecular complexity index is 529. The van der Waals surface area contributed by atoms with Gasteiger partial charge in [-0.05, 0) is 6.07 Å². The molecule has 82 valence electrons. The molecular formula is C12H12N2O2. The van der Waals surface area contributed by atoms with Crippen LogP contribution in [0.4, 0.5) is 0 Å².